The van der Waals surface area contributed by atoms with Crippen LogP contribution in [0.2, 0.25) is 0 Å². The van der Waals surface area contributed by atoms with E-state index in [2.05, 4.69) is 84.8 Å². The van der Waals surface area contributed by atoms with Crippen molar-refractivity contribution in [1.29, 1.82) is 0 Å². The molecule has 5 rings (SSSR count). The van der Waals surface area contributed by atoms with Gasteiger partial charge >= 0.3 is 0 Å². The molecule has 0 spiro atoms. The molecule has 0 saturated carbocycles. The number of aliphatic hydroxyl groups is 1. The summed E-state index contributed by atoms with van der Waals surface area (Å²) in [6.07, 6.45) is 5.43. The van der Waals surface area contributed by atoms with Crippen LogP contribution in [0.1, 0.15) is 55.2 Å². The first-order chi connectivity index (χ1) is 16.5. The van der Waals surface area contributed by atoms with Gasteiger partial charge in [0.05, 0.1) is 6.10 Å². The minimum Gasteiger partial charge on any atom is -0.388 e. The van der Waals surface area contributed by atoms with Gasteiger partial charge in [-0.25, -0.2) is 0 Å². The highest BCUT2D eigenvalue weighted by molar-refractivity contribution is 7.19. The fraction of sp³-hybridized carbons (Fsp3) is 0.290. The van der Waals surface area contributed by atoms with Crippen molar-refractivity contribution in [3.63, 3.8) is 0 Å². The van der Waals surface area contributed by atoms with Crippen molar-refractivity contribution < 1.29 is 5.11 Å². The Balaban J connectivity index is 1.26. The fourth-order valence-corrected chi connectivity index (χ4v) is 6.20. The Morgan fingerprint density at radius 3 is 2.53 bits per heavy atom. The van der Waals surface area contributed by atoms with Crippen LogP contribution in [0.5, 0.6) is 0 Å². The van der Waals surface area contributed by atoms with E-state index in [-0.39, 0.29) is 0 Å². The number of unbranched alkanes of at least 4 members (excludes halogenated alkanes) is 2. The molecule has 3 heteroatoms. The maximum Gasteiger partial charge on any atom is 0.0854 e. The average Bonchev–Trinajstić information content (AvgIpc) is 3.39. The molecule has 0 amide bonds. The van der Waals surface area contributed by atoms with E-state index in [0.29, 0.717) is 0 Å². The fourth-order valence-electron chi connectivity index (χ4n) is 5.06. The number of para-hydroxylation sites is 1. The van der Waals surface area contributed by atoms with E-state index in [9.17, 15) is 5.11 Å². The molecule has 1 unspecified atom stereocenters. The molecule has 3 aromatic carbocycles. The molecule has 0 fully saturated rings. The van der Waals surface area contributed by atoms with Gasteiger partial charge in [0.15, 0.2) is 0 Å². The summed E-state index contributed by atoms with van der Waals surface area (Å²) in [5.74, 6) is 0. The molecule has 0 aliphatic heterocycles. The van der Waals surface area contributed by atoms with Gasteiger partial charge in [-0.15, -0.1) is 11.3 Å². The molecular formula is C31H33NOS. The number of aliphatic hydroxyl groups excluding tert-OH is 1. The van der Waals surface area contributed by atoms with Crippen molar-refractivity contribution in [1.82, 2.24) is 4.57 Å². The molecule has 34 heavy (non-hydrogen) atoms. The third-order valence-corrected chi connectivity index (χ3v) is 8.13. The second kappa shape index (κ2) is 9.77. The molecule has 0 aliphatic rings. The van der Waals surface area contributed by atoms with E-state index in [1.807, 2.05) is 6.92 Å². The monoisotopic (exact) mass is 467 g/mol. The molecule has 0 saturated heterocycles. The zero-order valence-corrected chi connectivity index (χ0v) is 21.0. The van der Waals surface area contributed by atoms with Crippen LogP contribution in [0.25, 0.3) is 31.9 Å². The quantitative estimate of drug-likeness (QED) is 0.170. The molecule has 0 bridgehead atoms. The summed E-state index contributed by atoms with van der Waals surface area (Å²) in [6, 6.07) is 24.4. The van der Waals surface area contributed by atoms with Crippen molar-refractivity contribution >= 4 is 43.2 Å². The summed E-state index contributed by atoms with van der Waals surface area (Å²) in [5.41, 5.74) is 6.62. The van der Waals surface area contributed by atoms with Crippen LogP contribution in [0.15, 0.2) is 78.9 Å². The Bertz CT molecular complexity index is 1470. The minimum absolute atomic E-state index is 0.392. The molecular weight excluding hydrogens is 434 g/mol. The molecule has 5 aromatic rings. The first kappa shape index (κ1) is 22.9. The third kappa shape index (κ3) is 4.55. The molecule has 2 heterocycles. The van der Waals surface area contributed by atoms with E-state index < -0.39 is 6.10 Å². The number of aryl methyl sites for hydroxylation is 2. The summed E-state index contributed by atoms with van der Waals surface area (Å²) < 4.78 is 3.76. The van der Waals surface area contributed by atoms with Crippen molar-refractivity contribution in [2.45, 2.75) is 58.6 Å². The normalized spacial score (nSPS) is 12.7. The van der Waals surface area contributed by atoms with Crippen LogP contribution < -0.4 is 0 Å². The summed E-state index contributed by atoms with van der Waals surface area (Å²) >= 11 is 1.74. The summed E-state index contributed by atoms with van der Waals surface area (Å²) in [7, 11) is 0. The van der Waals surface area contributed by atoms with Crippen LogP contribution in [0.4, 0.5) is 0 Å². The average molecular weight is 468 g/mol. The van der Waals surface area contributed by atoms with E-state index in [4.69, 9.17) is 0 Å². The SMILES string of the molecule is C=C(C)Cn1c2ccccc2c2ccc(CCCCCc3cccc4cc(C(C)O)sc34)cc21. The number of thiophene rings is 1. The van der Waals surface area contributed by atoms with Crippen molar-refractivity contribution in [3.8, 4) is 0 Å². The first-order valence-electron chi connectivity index (χ1n) is 12.3. The second-order valence-electron chi connectivity index (χ2n) is 9.63. The number of allylic oxidation sites excluding steroid dienone is 1. The van der Waals surface area contributed by atoms with Crippen LogP contribution >= 0.6 is 11.3 Å². The largest absolute Gasteiger partial charge is 0.388 e. The van der Waals surface area contributed by atoms with Crippen molar-refractivity contribution in [2.75, 3.05) is 0 Å². The number of nitrogens with zero attached hydrogens (tertiary/aromatic N) is 1. The smallest absolute Gasteiger partial charge is 0.0854 e. The highest BCUT2D eigenvalue weighted by atomic mass is 32.1. The Morgan fingerprint density at radius 1 is 0.912 bits per heavy atom. The zero-order chi connectivity index (χ0) is 23.7. The Morgan fingerprint density at radius 2 is 1.71 bits per heavy atom. The Kier molecular flexibility index (Phi) is 6.58. The summed E-state index contributed by atoms with van der Waals surface area (Å²) in [5, 5.41) is 13.9. The number of aromatic nitrogens is 1. The van der Waals surface area contributed by atoms with Crippen LogP contribution in [-0.4, -0.2) is 9.67 Å². The Hall–Kier alpha value is -2.88. The third-order valence-electron chi connectivity index (χ3n) is 6.73. The lowest BCUT2D eigenvalue weighted by molar-refractivity contribution is 0.203. The molecule has 2 aromatic heterocycles. The number of benzene rings is 3. The highest BCUT2D eigenvalue weighted by Gasteiger charge is 2.12. The van der Waals surface area contributed by atoms with E-state index in [0.717, 1.165) is 24.3 Å². The van der Waals surface area contributed by atoms with Gasteiger partial charge in [0.25, 0.3) is 0 Å². The van der Waals surface area contributed by atoms with Gasteiger partial charge in [-0.1, -0.05) is 67.1 Å². The van der Waals surface area contributed by atoms with Gasteiger partial charge < -0.3 is 9.67 Å². The minimum atomic E-state index is -0.392. The van der Waals surface area contributed by atoms with E-state index >= 15 is 0 Å². The lowest BCUT2D eigenvalue weighted by Gasteiger charge is -2.08. The van der Waals surface area contributed by atoms with Crippen LogP contribution in [-0.2, 0) is 19.4 Å². The van der Waals surface area contributed by atoms with Gasteiger partial charge in [0.1, 0.15) is 0 Å². The summed E-state index contributed by atoms with van der Waals surface area (Å²) in [6.45, 7) is 8.97. The maximum atomic E-state index is 9.94. The van der Waals surface area contributed by atoms with Gasteiger partial charge in [-0.3, -0.25) is 0 Å². The number of hydrogen-bond acceptors (Lipinski definition) is 2. The lowest BCUT2D eigenvalue weighted by atomic mass is 10.0. The van der Waals surface area contributed by atoms with Crippen LogP contribution in [0.3, 0.4) is 0 Å². The van der Waals surface area contributed by atoms with Gasteiger partial charge in [0, 0.05) is 37.9 Å². The molecule has 1 atom stereocenters. The van der Waals surface area contributed by atoms with Crippen molar-refractivity contribution in [3.05, 3.63) is 94.9 Å². The predicted octanol–water partition coefficient (Wildman–Crippen LogP) is 8.59. The van der Waals surface area contributed by atoms with Gasteiger partial charge in [-0.2, -0.15) is 0 Å². The molecule has 174 valence electrons. The van der Waals surface area contributed by atoms with E-state index in [1.165, 1.54) is 67.9 Å². The summed E-state index contributed by atoms with van der Waals surface area (Å²) in [4.78, 5) is 1.06. The van der Waals surface area contributed by atoms with Gasteiger partial charge in [0.2, 0.25) is 0 Å². The van der Waals surface area contributed by atoms with Gasteiger partial charge in [-0.05, 0) is 74.2 Å². The van der Waals surface area contributed by atoms with Crippen LogP contribution in [0, 0.1) is 0 Å². The second-order valence-corrected chi connectivity index (χ2v) is 10.7. The number of fused-ring (bicyclic) bond motifs is 4. The van der Waals surface area contributed by atoms with E-state index in [1.54, 1.807) is 11.3 Å². The zero-order valence-electron chi connectivity index (χ0n) is 20.2. The number of rotatable bonds is 9. The molecule has 2 nitrogen and oxygen atoms in total. The Labute approximate surface area is 206 Å². The molecule has 1 N–H and O–H groups in total. The molecule has 0 radical (unpaired) electrons. The topological polar surface area (TPSA) is 25.2 Å². The first-order valence-corrected chi connectivity index (χ1v) is 13.2. The highest BCUT2D eigenvalue weighted by Crippen LogP contribution is 2.33. The molecule has 0 aliphatic carbocycles. The predicted molar refractivity (Wildman–Crippen MR) is 148 cm³/mol. The standard InChI is InChI=1S/C31H33NOS/c1-21(2)20-32-28-15-8-7-14-26(28)27-17-16-23(18-29(27)32)10-5-4-6-11-24-12-9-13-25-19-30(22(3)33)34-31(24)25/h7-9,12-19,22,33H,1,4-6,10-11,20H2,2-3H3. The maximum absolute atomic E-state index is 9.94. The number of hydrogen-bond donors (Lipinski definition) is 1. The lowest BCUT2D eigenvalue weighted by Crippen LogP contribution is -1.98. The van der Waals surface area contributed by atoms with Crippen molar-refractivity contribution in [2.24, 2.45) is 0 Å².